The Balaban J connectivity index is 2.54. The molecule has 2 nitrogen and oxygen atoms in total. The molecule has 0 aromatic carbocycles. The summed E-state index contributed by atoms with van der Waals surface area (Å²) >= 11 is 0. The molecular formula is C6H8O2. The number of aldehydes is 1. The summed E-state index contributed by atoms with van der Waals surface area (Å²) in [6.07, 6.45) is 3.06. The second-order valence-corrected chi connectivity index (χ2v) is 2.10. The Morgan fingerprint density at radius 2 is 2.38 bits per heavy atom. The zero-order valence-corrected chi connectivity index (χ0v) is 4.59. The van der Waals surface area contributed by atoms with Crippen LogP contribution in [0.4, 0.5) is 0 Å². The lowest BCUT2D eigenvalue weighted by atomic mass is 10.1. The van der Waals surface area contributed by atoms with Gasteiger partial charge in [0.05, 0.1) is 5.92 Å². The Hall–Kier alpha value is -0.660. The number of carbonyl (C=O) groups excluding carboxylic acids is 2. The van der Waals surface area contributed by atoms with Crippen LogP contribution < -0.4 is 0 Å². The van der Waals surface area contributed by atoms with Gasteiger partial charge >= 0.3 is 0 Å². The first kappa shape index (κ1) is 5.48. The van der Waals surface area contributed by atoms with Crippen molar-refractivity contribution in [3.63, 3.8) is 0 Å². The molecule has 44 valence electrons. The molecule has 1 fully saturated rings. The quantitative estimate of drug-likeness (QED) is 0.367. The van der Waals surface area contributed by atoms with Crippen LogP contribution in [0.2, 0.25) is 0 Å². The second-order valence-electron chi connectivity index (χ2n) is 2.10. The molecule has 0 spiro atoms. The highest BCUT2D eigenvalue weighted by Gasteiger charge is 2.22. The molecule has 0 aromatic heterocycles. The zero-order valence-electron chi connectivity index (χ0n) is 4.59. The van der Waals surface area contributed by atoms with Crippen LogP contribution >= 0.6 is 0 Å². The topological polar surface area (TPSA) is 34.1 Å². The van der Waals surface area contributed by atoms with Gasteiger partial charge < -0.3 is 4.79 Å². The van der Waals surface area contributed by atoms with Crippen LogP contribution in [-0.2, 0) is 9.59 Å². The Labute approximate surface area is 47.9 Å². The molecule has 0 heterocycles. The maximum absolute atomic E-state index is 10.6. The van der Waals surface area contributed by atoms with Gasteiger partial charge in [0.2, 0.25) is 0 Å². The van der Waals surface area contributed by atoms with Gasteiger partial charge in [-0.2, -0.15) is 0 Å². The molecule has 1 atom stereocenters. The third-order valence-corrected chi connectivity index (χ3v) is 1.52. The summed E-state index contributed by atoms with van der Waals surface area (Å²) in [5.41, 5.74) is 0. The van der Waals surface area contributed by atoms with E-state index in [0.29, 0.717) is 6.42 Å². The largest absolute Gasteiger partial charge is 0.303 e. The smallest absolute Gasteiger partial charge is 0.143 e. The summed E-state index contributed by atoms with van der Waals surface area (Å²) in [5, 5.41) is 0. The first-order chi connectivity index (χ1) is 3.84. The Kier molecular flexibility index (Phi) is 1.42. The van der Waals surface area contributed by atoms with Crippen LogP contribution in [0.15, 0.2) is 0 Å². The maximum Gasteiger partial charge on any atom is 0.143 e. The Morgan fingerprint density at radius 1 is 1.62 bits per heavy atom. The van der Waals surface area contributed by atoms with E-state index in [-0.39, 0.29) is 11.7 Å². The van der Waals surface area contributed by atoms with Gasteiger partial charge in [0.15, 0.2) is 0 Å². The molecule has 1 rings (SSSR count). The minimum Gasteiger partial charge on any atom is -0.303 e. The lowest BCUT2D eigenvalue weighted by Crippen LogP contribution is -2.06. The summed E-state index contributed by atoms with van der Waals surface area (Å²) in [7, 11) is 0. The number of hydrogen-bond acceptors (Lipinski definition) is 2. The number of carbonyl (C=O) groups is 2. The van der Waals surface area contributed by atoms with Crippen molar-refractivity contribution in [3.05, 3.63) is 0 Å². The van der Waals surface area contributed by atoms with Crippen LogP contribution in [0, 0.1) is 5.92 Å². The highest BCUT2D eigenvalue weighted by molar-refractivity contribution is 5.94. The predicted octanol–water partition coefficient (Wildman–Crippen LogP) is 0.554. The molecule has 1 aliphatic carbocycles. The number of Topliss-reactive ketones (excluding diaryl/α,β-unsaturated/α-hetero) is 1. The summed E-state index contributed by atoms with van der Waals surface area (Å²) in [4.78, 5) is 20.6. The first-order valence-electron chi connectivity index (χ1n) is 2.82. The van der Waals surface area contributed by atoms with E-state index >= 15 is 0 Å². The third-order valence-electron chi connectivity index (χ3n) is 1.52. The predicted molar refractivity (Wildman–Crippen MR) is 28.4 cm³/mol. The molecule has 0 unspecified atom stereocenters. The fourth-order valence-electron chi connectivity index (χ4n) is 0.987. The fraction of sp³-hybridized carbons (Fsp3) is 0.667. The van der Waals surface area contributed by atoms with E-state index in [4.69, 9.17) is 0 Å². The first-order valence-corrected chi connectivity index (χ1v) is 2.82. The van der Waals surface area contributed by atoms with Crippen molar-refractivity contribution in [2.75, 3.05) is 0 Å². The van der Waals surface area contributed by atoms with Crippen LogP contribution in [0.1, 0.15) is 19.3 Å². The maximum atomic E-state index is 10.6. The van der Waals surface area contributed by atoms with Gasteiger partial charge in [-0.05, 0) is 12.8 Å². The van der Waals surface area contributed by atoms with Gasteiger partial charge in [-0.25, -0.2) is 0 Å². The second kappa shape index (κ2) is 2.07. The van der Waals surface area contributed by atoms with Crippen molar-refractivity contribution in [3.8, 4) is 0 Å². The lowest BCUT2D eigenvalue weighted by Gasteiger charge is -1.90. The van der Waals surface area contributed by atoms with Gasteiger partial charge in [-0.3, -0.25) is 4.79 Å². The minimum absolute atomic E-state index is 0.125. The third kappa shape index (κ3) is 0.782. The van der Waals surface area contributed by atoms with Crippen molar-refractivity contribution < 1.29 is 9.59 Å². The molecule has 0 bridgehead atoms. The van der Waals surface area contributed by atoms with Gasteiger partial charge in [-0.15, -0.1) is 0 Å². The van der Waals surface area contributed by atoms with E-state index in [0.717, 1.165) is 19.1 Å². The van der Waals surface area contributed by atoms with E-state index < -0.39 is 0 Å². The molecule has 0 radical (unpaired) electrons. The minimum atomic E-state index is -0.255. The Bertz CT molecular complexity index is 118. The monoisotopic (exact) mass is 112 g/mol. The molecule has 1 aliphatic rings. The van der Waals surface area contributed by atoms with Gasteiger partial charge in [0.25, 0.3) is 0 Å². The molecule has 0 aliphatic heterocycles. The number of hydrogen-bond donors (Lipinski definition) is 0. The van der Waals surface area contributed by atoms with Crippen molar-refractivity contribution in [1.29, 1.82) is 0 Å². The van der Waals surface area contributed by atoms with E-state index in [1.807, 2.05) is 0 Å². The number of ketones is 1. The van der Waals surface area contributed by atoms with Crippen molar-refractivity contribution >= 4 is 12.1 Å². The van der Waals surface area contributed by atoms with E-state index in [2.05, 4.69) is 0 Å². The van der Waals surface area contributed by atoms with Crippen molar-refractivity contribution in [2.45, 2.75) is 19.3 Å². The average Bonchev–Trinajstić information content (AvgIpc) is 2.14. The van der Waals surface area contributed by atoms with Gasteiger partial charge in [0, 0.05) is 6.42 Å². The highest BCUT2D eigenvalue weighted by atomic mass is 16.1. The average molecular weight is 112 g/mol. The molecule has 2 heteroatoms. The van der Waals surface area contributed by atoms with Crippen LogP contribution in [0.5, 0.6) is 0 Å². The molecule has 0 amide bonds. The molecule has 0 aromatic rings. The molecular weight excluding hydrogens is 104 g/mol. The standard InChI is InChI=1S/C6H8O2/c7-4-5-2-1-3-6(5)8/h4-5H,1-3H2/t5-/m0/s1. The lowest BCUT2D eigenvalue weighted by molar-refractivity contribution is -0.125. The van der Waals surface area contributed by atoms with Gasteiger partial charge in [-0.1, -0.05) is 0 Å². The van der Waals surface area contributed by atoms with Crippen LogP contribution in [0.25, 0.3) is 0 Å². The molecule has 0 N–H and O–H groups in total. The SMILES string of the molecule is O=C[C@@H]1CCCC1=O. The van der Waals surface area contributed by atoms with Crippen LogP contribution in [-0.4, -0.2) is 12.1 Å². The summed E-state index contributed by atoms with van der Waals surface area (Å²) in [6, 6.07) is 0. The zero-order chi connectivity index (χ0) is 5.98. The summed E-state index contributed by atoms with van der Waals surface area (Å²) in [5.74, 6) is -0.130. The van der Waals surface area contributed by atoms with E-state index in [1.165, 1.54) is 0 Å². The molecule has 8 heavy (non-hydrogen) atoms. The summed E-state index contributed by atoms with van der Waals surface area (Å²) in [6.45, 7) is 0. The Morgan fingerprint density at radius 3 is 2.62 bits per heavy atom. The van der Waals surface area contributed by atoms with Gasteiger partial charge in [0.1, 0.15) is 12.1 Å². The fourth-order valence-corrected chi connectivity index (χ4v) is 0.987. The van der Waals surface area contributed by atoms with Crippen LogP contribution in [0.3, 0.4) is 0 Å². The van der Waals surface area contributed by atoms with E-state index in [1.54, 1.807) is 0 Å². The van der Waals surface area contributed by atoms with E-state index in [9.17, 15) is 9.59 Å². The molecule has 0 saturated heterocycles. The molecule has 1 saturated carbocycles. The highest BCUT2D eigenvalue weighted by Crippen LogP contribution is 2.18. The van der Waals surface area contributed by atoms with Crippen molar-refractivity contribution in [2.24, 2.45) is 5.92 Å². The van der Waals surface area contributed by atoms with Crippen molar-refractivity contribution in [1.82, 2.24) is 0 Å². The summed E-state index contributed by atoms with van der Waals surface area (Å²) < 4.78 is 0. The number of rotatable bonds is 1. The normalized spacial score (nSPS) is 28.5.